The summed E-state index contributed by atoms with van der Waals surface area (Å²) in [5, 5.41) is 6.80. The average molecular weight is 488 g/mol. The third-order valence-corrected chi connectivity index (χ3v) is 5.06. The molecule has 1 aliphatic heterocycles. The number of guanidine groups is 1. The Bertz CT molecular complexity index is 573. The van der Waals surface area contributed by atoms with Crippen LogP contribution >= 0.6 is 24.0 Å². The first kappa shape index (κ1) is 22.2. The van der Waals surface area contributed by atoms with Crippen LogP contribution in [-0.4, -0.2) is 63.4 Å². The van der Waals surface area contributed by atoms with E-state index in [0.29, 0.717) is 12.6 Å². The van der Waals surface area contributed by atoms with Crippen molar-refractivity contribution in [3.05, 3.63) is 29.8 Å². The molecule has 3 rings (SSSR count). The van der Waals surface area contributed by atoms with Gasteiger partial charge in [-0.25, -0.2) is 0 Å². The number of ether oxygens (including phenoxy) is 2. The quantitative estimate of drug-likeness (QED) is 0.351. The van der Waals surface area contributed by atoms with Crippen molar-refractivity contribution in [1.82, 2.24) is 15.5 Å². The van der Waals surface area contributed by atoms with Crippen molar-refractivity contribution in [1.29, 1.82) is 0 Å². The van der Waals surface area contributed by atoms with E-state index in [9.17, 15) is 0 Å². The monoisotopic (exact) mass is 488 g/mol. The summed E-state index contributed by atoms with van der Waals surface area (Å²) in [6, 6.07) is 8.30. The van der Waals surface area contributed by atoms with E-state index in [0.717, 1.165) is 51.1 Å². The van der Waals surface area contributed by atoms with Crippen LogP contribution < -0.4 is 15.4 Å². The first-order valence-electron chi connectivity index (χ1n) is 9.84. The van der Waals surface area contributed by atoms with E-state index in [4.69, 9.17) is 9.47 Å². The third kappa shape index (κ3) is 7.46. The molecule has 1 saturated heterocycles. The van der Waals surface area contributed by atoms with E-state index in [2.05, 4.69) is 38.7 Å². The lowest BCUT2D eigenvalue weighted by molar-refractivity contribution is 0.0389. The number of hydrogen-bond donors (Lipinski definition) is 2. The third-order valence-electron chi connectivity index (χ3n) is 5.06. The summed E-state index contributed by atoms with van der Waals surface area (Å²) < 4.78 is 11.6. The zero-order valence-electron chi connectivity index (χ0n) is 16.3. The van der Waals surface area contributed by atoms with Gasteiger partial charge >= 0.3 is 0 Å². The van der Waals surface area contributed by atoms with Crippen molar-refractivity contribution in [3.8, 4) is 5.75 Å². The molecule has 0 unspecified atom stereocenters. The van der Waals surface area contributed by atoms with Crippen LogP contribution in [0.15, 0.2) is 29.3 Å². The lowest BCUT2D eigenvalue weighted by Gasteiger charge is -2.26. The summed E-state index contributed by atoms with van der Waals surface area (Å²) in [5.41, 5.74) is 1.18. The van der Waals surface area contributed by atoms with E-state index >= 15 is 0 Å². The van der Waals surface area contributed by atoms with Gasteiger partial charge < -0.3 is 20.1 Å². The fraction of sp³-hybridized carbons (Fsp3) is 0.650. The fourth-order valence-corrected chi connectivity index (χ4v) is 3.51. The molecule has 0 spiro atoms. The molecule has 152 valence electrons. The molecule has 6 nitrogen and oxygen atoms in total. The number of hydrogen-bond acceptors (Lipinski definition) is 4. The van der Waals surface area contributed by atoms with Crippen molar-refractivity contribution in [2.45, 2.75) is 38.3 Å². The summed E-state index contributed by atoms with van der Waals surface area (Å²) >= 11 is 0. The molecule has 1 aromatic carbocycles. The van der Waals surface area contributed by atoms with E-state index in [1.54, 1.807) is 0 Å². The zero-order chi connectivity index (χ0) is 18.0. The van der Waals surface area contributed by atoms with Crippen molar-refractivity contribution in [2.24, 2.45) is 4.99 Å². The van der Waals surface area contributed by atoms with Gasteiger partial charge in [-0.3, -0.25) is 9.89 Å². The molecule has 1 saturated carbocycles. The first-order chi connectivity index (χ1) is 12.8. The number of nitrogens with one attached hydrogen (secondary N) is 2. The van der Waals surface area contributed by atoms with Gasteiger partial charge in [-0.05, 0) is 31.7 Å². The minimum Gasteiger partial charge on any atom is -0.490 e. The lowest BCUT2D eigenvalue weighted by atomic mass is 10.2. The molecule has 2 aliphatic rings. The minimum absolute atomic E-state index is 0. The molecule has 0 amide bonds. The predicted octanol–water partition coefficient (Wildman–Crippen LogP) is 2.62. The standard InChI is InChI=1S/C20H32N4O2.HI/c1-21-20(22-10-11-24-12-14-25-15-13-24)23-16-17-6-2-5-9-19(17)26-18-7-3-4-8-18;/h2,5-6,9,18H,3-4,7-8,10-16H2,1H3,(H2,21,22,23);1H. The number of rotatable bonds is 7. The van der Waals surface area contributed by atoms with E-state index in [1.165, 1.54) is 31.2 Å². The Morgan fingerprint density at radius 1 is 1.19 bits per heavy atom. The highest BCUT2D eigenvalue weighted by Gasteiger charge is 2.17. The topological polar surface area (TPSA) is 58.1 Å². The molecule has 0 radical (unpaired) electrons. The SMILES string of the molecule is CN=C(NCCN1CCOCC1)NCc1ccccc1OC1CCCC1.I. The highest BCUT2D eigenvalue weighted by molar-refractivity contribution is 14.0. The smallest absolute Gasteiger partial charge is 0.191 e. The van der Waals surface area contributed by atoms with Crippen LogP contribution in [0.25, 0.3) is 0 Å². The number of benzene rings is 1. The van der Waals surface area contributed by atoms with E-state index in [-0.39, 0.29) is 24.0 Å². The van der Waals surface area contributed by atoms with Gasteiger partial charge in [0.15, 0.2) is 5.96 Å². The second kappa shape index (κ2) is 12.4. The van der Waals surface area contributed by atoms with Crippen molar-refractivity contribution in [2.75, 3.05) is 46.4 Å². The molecule has 0 atom stereocenters. The maximum absolute atomic E-state index is 6.21. The summed E-state index contributed by atoms with van der Waals surface area (Å²) in [7, 11) is 1.81. The summed E-state index contributed by atoms with van der Waals surface area (Å²) in [6.07, 6.45) is 5.29. The summed E-state index contributed by atoms with van der Waals surface area (Å²) in [4.78, 5) is 6.74. The molecule has 2 fully saturated rings. The Kier molecular flexibility index (Phi) is 10.2. The van der Waals surface area contributed by atoms with Gasteiger partial charge in [0.1, 0.15) is 5.75 Å². The molecule has 27 heavy (non-hydrogen) atoms. The lowest BCUT2D eigenvalue weighted by Crippen LogP contribution is -2.44. The Labute approximate surface area is 180 Å². The Morgan fingerprint density at radius 2 is 1.93 bits per heavy atom. The Hall–Kier alpha value is -1.06. The largest absolute Gasteiger partial charge is 0.490 e. The predicted molar refractivity (Wildman–Crippen MR) is 120 cm³/mol. The molecule has 0 aromatic heterocycles. The van der Waals surface area contributed by atoms with Crippen molar-refractivity contribution in [3.63, 3.8) is 0 Å². The molecule has 1 aromatic rings. The minimum atomic E-state index is 0. The Morgan fingerprint density at radius 3 is 2.67 bits per heavy atom. The maximum Gasteiger partial charge on any atom is 0.191 e. The van der Waals surface area contributed by atoms with Gasteiger partial charge in [-0.15, -0.1) is 24.0 Å². The van der Waals surface area contributed by atoms with Gasteiger partial charge in [-0.1, -0.05) is 18.2 Å². The summed E-state index contributed by atoms with van der Waals surface area (Å²) in [5.74, 6) is 1.82. The molecule has 1 heterocycles. The van der Waals surface area contributed by atoms with Crippen LogP contribution in [0.4, 0.5) is 0 Å². The molecule has 2 N–H and O–H groups in total. The van der Waals surface area contributed by atoms with Crippen LogP contribution in [0, 0.1) is 0 Å². The van der Waals surface area contributed by atoms with E-state index in [1.807, 2.05) is 13.1 Å². The molecular weight excluding hydrogens is 455 g/mol. The number of para-hydroxylation sites is 1. The molecule has 1 aliphatic carbocycles. The number of nitrogens with zero attached hydrogens (tertiary/aromatic N) is 2. The second-order valence-corrected chi connectivity index (χ2v) is 6.94. The van der Waals surface area contributed by atoms with E-state index < -0.39 is 0 Å². The summed E-state index contributed by atoms with van der Waals surface area (Å²) in [6.45, 7) is 6.29. The van der Waals surface area contributed by atoms with Crippen LogP contribution in [0.2, 0.25) is 0 Å². The van der Waals surface area contributed by atoms with Gasteiger partial charge in [0.2, 0.25) is 0 Å². The molecule has 7 heteroatoms. The highest BCUT2D eigenvalue weighted by atomic mass is 127. The van der Waals surface area contributed by atoms with Gasteiger partial charge in [0.05, 0.1) is 19.3 Å². The van der Waals surface area contributed by atoms with Gasteiger partial charge in [-0.2, -0.15) is 0 Å². The van der Waals surface area contributed by atoms with Crippen LogP contribution in [0.1, 0.15) is 31.2 Å². The van der Waals surface area contributed by atoms with Crippen LogP contribution in [0.3, 0.4) is 0 Å². The zero-order valence-corrected chi connectivity index (χ0v) is 18.6. The average Bonchev–Trinajstić information content (AvgIpc) is 3.19. The van der Waals surface area contributed by atoms with Crippen LogP contribution in [0.5, 0.6) is 5.75 Å². The second-order valence-electron chi connectivity index (χ2n) is 6.94. The first-order valence-corrected chi connectivity index (χ1v) is 9.84. The number of morpholine rings is 1. The normalized spacial score (nSPS) is 18.8. The van der Waals surface area contributed by atoms with Crippen molar-refractivity contribution >= 4 is 29.9 Å². The number of halogens is 1. The van der Waals surface area contributed by atoms with Crippen LogP contribution in [-0.2, 0) is 11.3 Å². The molecular formula is C20H33IN4O2. The molecule has 0 bridgehead atoms. The van der Waals surface area contributed by atoms with Gasteiger partial charge in [0.25, 0.3) is 0 Å². The van der Waals surface area contributed by atoms with Gasteiger partial charge in [0, 0.05) is 45.3 Å². The number of aliphatic imine (C=N–C) groups is 1. The Balaban J connectivity index is 0.00000261. The maximum atomic E-state index is 6.21. The van der Waals surface area contributed by atoms with Crippen molar-refractivity contribution < 1.29 is 9.47 Å². The fourth-order valence-electron chi connectivity index (χ4n) is 3.51. The highest BCUT2D eigenvalue weighted by Crippen LogP contribution is 2.26.